The topological polar surface area (TPSA) is 50.8 Å². The van der Waals surface area contributed by atoms with Crippen LogP contribution in [0.2, 0.25) is 0 Å². The highest BCUT2D eigenvalue weighted by Gasteiger charge is 2.16. The van der Waals surface area contributed by atoms with E-state index in [1.165, 1.54) is 5.56 Å². The molecule has 96 valence electrons. The summed E-state index contributed by atoms with van der Waals surface area (Å²) < 4.78 is 5.80. The van der Waals surface area contributed by atoms with Crippen LogP contribution in [0.25, 0.3) is 0 Å². The maximum absolute atomic E-state index is 5.80. The summed E-state index contributed by atoms with van der Waals surface area (Å²) >= 11 is 0. The third-order valence-electron chi connectivity index (χ3n) is 2.89. The molecule has 0 saturated heterocycles. The molecule has 1 N–H and O–H groups in total. The van der Waals surface area contributed by atoms with Gasteiger partial charge in [-0.2, -0.15) is 0 Å². The van der Waals surface area contributed by atoms with Gasteiger partial charge in [-0.25, -0.2) is 4.98 Å². The molecule has 4 heteroatoms. The first-order valence-corrected chi connectivity index (χ1v) is 6.27. The molecule has 2 rings (SSSR count). The number of ether oxygens (including phenoxy) is 1. The Balaban J connectivity index is 2.34. The smallest absolute Gasteiger partial charge is 0.125 e. The van der Waals surface area contributed by atoms with E-state index in [9.17, 15) is 0 Å². The standard InChI is InChI=1S/C14H19N3O/c1-4-18-14(13-8-16-9-17-13)12-5-11(10(2)3)6-15-7-12/h5-10,14H,4H2,1-3H3,(H,16,17). The average Bonchev–Trinajstić information content (AvgIpc) is 2.89. The van der Waals surface area contributed by atoms with Gasteiger partial charge in [0.2, 0.25) is 0 Å². The summed E-state index contributed by atoms with van der Waals surface area (Å²) in [5, 5.41) is 0. The molecule has 0 aliphatic carbocycles. The minimum atomic E-state index is -0.122. The highest BCUT2D eigenvalue weighted by atomic mass is 16.5. The number of H-pyrrole nitrogens is 1. The second-order valence-corrected chi connectivity index (χ2v) is 4.55. The SMILES string of the molecule is CCOC(c1cncc(C(C)C)c1)c1cnc[nH]1. The number of hydrogen-bond donors (Lipinski definition) is 1. The molecular weight excluding hydrogens is 226 g/mol. The molecule has 0 fully saturated rings. The number of hydrogen-bond acceptors (Lipinski definition) is 3. The zero-order valence-corrected chi connectivity index (χ0v) is 11.1. The highest BCUT2D eigenvalue weighted by Crippen LogP contribution is 2.26. The van der Waals surface area contributed by atoms with Crippen molar-refractivity contribution in [3.05, 3.63) is 47.8 Å². The van der Waals surface area contributed by atoms with Crippen molar-refractivity contribution in [1.82, 2.24) is 15.0 Å². The first-order chi connectivity index (χ1) is 8.72. The summed E-state index contributed by atoms with van der Waals surface area (Å²) in [6.45, 7) is 6.96. The molecule has 0 aliphatic rings. The molecule has 2 aromatic heterocycles. The summed E-state index contributed by atoms with van der Waals surface area (Å²) in [7, 11) is 0. The Bertz CT molecular complexity index is 480. The van der Waals surface area contributed by atoms with Crippen LogP contribution in [0, 0.1) is 0 Å². The fourth-order valence-electron chi connectivity index (χ4n) is 1.88. The lowest BCUT2D eigenvalue weighted by Crippen LogP contribution is -2.08. The number of pyridine rings is 1. The fraction of sp³-hybridized carbons (Fsp3) is 0.429. The van der Waals surface area contributed by atoms with Crippen LogP contribution in [0.1, 0.15) is 49.6 Å². The van der Waals surface area contributed by atoms with Crippen molar-refractivity contribution in [3.63, 3.8) is 0 Å². The lowest BCUT2D eigenvalue weighted by Gasteiger charge is -2.17. The van der Waals surface area contributed by atoms with Crippen molar-refractivity contribution in [2.45, 2.75) is 32.8 Å². The first-order valence-electron chi connectivity index (χ1n) is 6.27. The van der Waals surface area contributed by atoms with E-state index in [0.29, 0.717) is 12.5 Å². The molecule has 18 heavy (non-hydrogen) atoms. The zero-order valence-electron chi connectivity index (χ0n) is 11.1. The maximum Gasteiger partial charge on any atom is 0.125 e. The van der Waals surface area contributed by atoms with Gasteiger partial charge >= 0.3 is 0 Å². The number of rotatable bonds is 5. The summed E-state index contributed by atoms with van der Waals surface area (Å²) in [6.07, 6.45) is 7.10. The summed E-state index contributed by atoms with van der Waals surface area (Å²) in [5.41, 5.74) is 3.24. The lowest BCUT2D eigenvalue weighted by atomic mass is 10.0. The van der Waals surface area contributed by atoms with E-state index >= 15 is 0 Å². The van der Waals surface area contributed by atoms with Crippen LogP contribution >= 0.6 is 0 Å². The molecule has 1 unspecified atom stereocenters. The fourth-order valence-corrected chi connectivity index (χ4v) is 1.88. The molecule has 0 spiro atoms. The Morgan fingerprint density at radius 3 is 2.56 bits per heavy atom. The molecule has 2 aromatic rings. The van der Waals surface area contributed by atoms with Gasteiger partial charge in [0, 0.05) is 24.6 Å². The molecular formula is C14H19N3O. The molecule has 2 heterocycles. The van der Waals surface area contributed by atoms with Gasteiger partial charge in [0.15, 0.2) is 0 Å². The van der Waals surface area contributed by atoms with Crippen LogP contribution in [0.15, 0.2) is 31.0 Å². The Morgan fingerprint density at radius 1 is 1.17 bits per heavy atom. The molecule has 0 amide bonds. The number of nitrogens with one attached hydrogen (secondary N) is 1. The third kappa shape index (κ3) is 2.76. The molecule has 0 saturated carbocycles. The van der Waals surface area contributed by atoms with Crippen molar-refractivity contribution >= 4 is 0 Å². The van der Waals surface area contributed by atoms with Gasteiger partial charge in [-0.3, -0.25) is 4.98 Å². The molecule has 0 aliphatic heterocycles. The van der Waals surface area contributed by atoms with E-state index in [4.69, 9.17) is 4.74 Å². The van der Waals surface area contributed by atoms with Gasteiger partial charge in [-0.05, 0) is 24.5 Å². The van der Waals surface area contributed by atoms with Gasteiger partial charge in [0.05, 0.1) is 18.2 Å². The van der Waals surface area contributed by atoms with Crippen LogP contribution in [0.3, 0.4) is 0 Å². The lowest BCUT2D eigenvalue weighted by molar-refractivity contribution is 0.0883. The minimum Gasteiger partial charge on any atom is -0.367 e. The third-order valence-corrected chi connectivity index (χ3v) is 2.89. The van der Waals surface area contributed by atoms with Crippen LogP contribution in [0.5, 0.6) is 0 Å². The Morgan fingerprint density at radius 2 is 1.94 bits per heavy atom. The highest BCUT2D eigenvalue weighted by molar-refractivity contribution is 5.27. The normalized spacial score (nSPS) is 12.9. The van der Waals surface area contributed by atoms with Gasteiger partial charge in [0.1, 0.15) is 6.10 Å². The molecule has 4 nitrogen and oxygen atoms in total. The van der Waals surface area contributed by atoms with Gasteiger partial charge in [0.25, 0.3) is 0 Å². The molecule has 1 atom stereocenters. The van der Waals surface area contributed by atoms with Crippen molar-refractivity contribution in [3.8, 4) is 0 Å². The monoisotopic (exact) mass is 245 g/mol. The van der Waals surface area contributed by atoms with Crippen molar-refractivity contribution in [2.75, 3.05) is 6.61 Å². The number of aromatic amines is 1. The molecule has 0 radical (unpaired) electrons. The van der Waals surface area contributed by atoms with Gasteiger partial charge < -0.3 is 9.72 Å². The predicted octanol–water partition coefficient (Wildman–Crippen LogP) is 3.05. The van der Waals surface area contributed by atoms with E-state index in [1.54, 1.807) is 12.5 Å². The van der Waals surface area contributed by atoms with Gasteiger partial charge in [-0.1, -0.05) is 13.8 Å². The largest absolute Gasteiger partial charge is 0.367 e. The number of imidazole rings is 1. The van der Waals surface area contributed by atoms with E-state index in [2.05, 4.69) is 34.9 Å². The van der Waals surface area contributed by atoms with Crippen LogP contribution in [-0.4, -0.2) is 21.6 Å². The zero-order chi connectivity index (χ0) is 13.0. The second kappa shape index (κ2) is 5.78. The molecule has 0 aromatic carbocycles. The Kier molecular flexibility index (Phi) is 4.10. The maximum atomic E-state index is 5.80. The summed E-state index contributed by atoms with van der Waals surface area (Å²) in [6, 6.07) is 2.15. The van der Waals surface area contributed by atoms with Crippen molar-refractivity contribution in [2.24, 2.45) is 0 Å². The Hall–Kier alpha value is -1.68. The van der Waals surface area contributed by atoms with Crippen molar-refractivity contribution < 1.29 is 4.74 Å². The quantitative estimate of drug-likeness (QED) is 0.880. The minimum absolute atomic E-state index is 0.122. The number of aromatic nitrogens is 3. The van der Waals surface area contributed by atoms with E-state index in [-0.39, 0.29) is 6.10 Å². The molecule has 0 bridgehead atoms. The predicted molar refractivity (Wildman–Crippen MR) is 70.4 cm³/mol. The van der Waals surface area contributed by atoms with Crippen LogP contribution in [-0.2, 0) is 4.74 Å². The van der Waals surface area contributed by atoms with E-state index < -0.39 is 0 Å². The number of nitrogens with zero attached hydrogens (tertiary/aromatic N) is 2. The average molecular weight is 245 g/mol. The summed E-state index contributed by atoms with van der Waals surface area (Å²) in [4.78, 5) is 11.5. The van der Waals surface area contributed by atoms with E-state index in [1.807, 2.05) is 19.3 Å². The summed E-state index contributed by atoms with van der Waals surface area (Å²) in [5.74, 6) is 0.460. The van der Waals surface area contributed by atoms with Crippen molar-refractivity contribution in [1.29, 1.82) is 0 Å². The van der Waals surface area contributed by atoms with Crippen LogP contribution in [0.4, 0.5) is 0 Å². The first kappa shape index (κ1) is 12.8. The van der Waals surface area contributed by atoms with Crippen LogP contribution < -0.4 is 0 Å². The Labute approximate surface area is 107 Å². The second-order valence-electron chi connectivity index (χ2n) is 4.55. The van der Waals surface area contributed by atoms with E-state index in [0.717, 1.165) is 11.3 Å². The van der Waals surface area contributed by atoms with Gasteiger partial charge in [-0.15, -0.1) is 0 Å².